The Morgan fingerprint density at radius 1 is 1.42 bits per heavy atom. The maximum atomic E-state index is 13.6. The van der Waals surface area contributed by atoms with E-state index in [2.05, 4.69) is 21.2 Å². The summed E-state index contributed by atoms with van der Waals surface area (Å²) in [5.41, 5.74) is 0.0785. The maximum absolute atomic E-state index is 13.6. The van der Waals surface area contributed by atoms with E-state index < -0.39 is 5.82 Å². The van der Waals surface area contributed by atoms with Crippen LogP contribution in [-0.2, 0) is 0 Å². The number of carbonyl (C=O) groups excluding carboxylic acids is 1. The second kappa shape index (κ2) is 6.71. The van der Waals surface area contributed by atoms with Gasteiger partial charge in [0.15, 0.2) is 0 Å². The number of nitrogens with one attached hydrogen (secondary N) is 1. The van der Waals surface area contributed by atoms with Crippen LogP contribution in [0.15, 0.2) is 22.7 Å². The predicted molar refractivity (Wildman–Crippen MR) is 78.0 cm³/mol. The van der Waals surface area contributed by atoms with E-state index in [1.807, 2.05) is 0 Å². The number of halogens is 3. The third-order valence-electron chi connectivity index (χ3n) is 3.71. The van der Waals surface area contributed by atoms with Gasteiger partial charge in [-0.1, -0.05) is 22.4 Å². The third kappa shape index (κ3) is 3.69. The molecular formula is C14H16BrClFNO. The van der Waals surface area contributed by atoms with Gasteiger partial charge in [-0.15, -0.1) is 11.6 Å². The number of hydrogen-bond donors (Lipinski definition) is 1. The molecule has 1 fully saturated rings. The Hall–Kier alpha value is -0.610. The van der Waals surface area contributed by atoms with Crippen molar-refractivity contribution in [1.29, 1.82) is 0 Å². The van der Waals surface area contributed by atoms with Gasteiger partial charge < -0.3 is 5.32 Å². The molecule has 0 saturated heterocycles. The van der Waals surface area contributed by atoms with E-state index in [4.69, 9.17) is 11.6 Å². The summed E-state index contributed by atoms with van der Waals surface area (Å²) in [5, 5.41) is 2.81. The van der Waals surface area contributed by atoms with Gasteiger partial charge in [0.1, 0.15) is 5.82 Å². The lowest BCUT2D eigenvalue weighted by molar-refractivity contribution is 0.0940. The largest absolute Gasteiger partial charge is 0.352 e. The van der Waals surface area contributed by atoms with Crippen molar-refractivity contribution >= 4 is 33.4 Å². The van der Waals surface area contributed by atoms with Crippen LogP contribution in [0.2, 0.25) is 0 Å². The fourth-order valence-corrected chi connectivity index (χ4v) is 3.34. The highest BCUT2D eigenvalue weighted by Gasteiger charge is 2.27. The minimum atomic E-state index is -0.499. The average molecular weight is 349 g/mol. The molecule has 104 valence electrons. The number of amides is 1. The Kier molecular flexibility index (Phi) is 5.22. The van der Waals surface area contributed by atoms with Crippen molar-refractivity contribution in [1.82, 2.24) is 5.32 Å². The van der Waals surface area contributed by atoms with Crippen LogP contribution < -0.4 is 5.32 Å². The second-order valence-corrected chi connectivity index (χ2v) is 6.16. The number of alkyl halides is 1. The van der Waals surface area contributed by atoms with Crippen LogP contribution in [0.1, 0.15) is 29.6 Å². The van der Waals surface area contributed by atoms with Crippen LogP contribution in [0.25, 0.3) is 0 Å². The van der Waals surface area contributed by atoms with Gasteiger partial charge in [-0.3, -0.25) is 4.79 Å². The first-order valence-corrected chi connectivity index (χ1v) is 7.73. The minimum Gasteiger partial charge on any atom is -0.352 e. The Morgan fingerprint density at radius 2 is 2.16 bits per heavy atom. The highest BCUT2D eigenvalue weighted by molar-refractivity contribution is 9.10. The first kappa shape index (κ1) is 14.8. The molecule has 0 bridgehead atoms. The third-order valence-corrected chi connectivity index (χ3v) is 4.60. The summed E-state index contributed by atoms with van der Waals surface area (Å²) in [6.45, 7) is 0.572. The van der Waals surface area contributed by atoms with E-state index in [0.29, 0.717) is 28.7 Å². The normalized spacial score (nSPS) is 22.5. The maximum Gasteiger partial charge on any atom is 0.254 e. The number of rotatable bonds is 4. The molecule has 1 aliphatic carbocycles. The monoisotopic (exact) mass is 347 g/mol. The Morgan fingerprint density at radius 3 is 2.89 bits per heavy atom. The zero-order valence-electron chi connectivity index (χ0n) is 10.5. The van der Waals surface area contributed by atoms with Crippen molar-refractivity contribution in [2.75, 3.05) is 12.4 Å². The van der Waals surface area contributed by atoms with E-state index >= 15 is 0 Å². The van der Waals surface area contributed by atoms with Gasteiger partial charge in [-0.25, -0.2) is 4.39 Å². The molecule has 1 aromatic carbocycles. The molecule has 0 aliphatic heterocycles. The van der Waals surface area contributed by atoms with E-state index in [9.17, 15) is 9.18 Å². The van der Waals surface area contributed by atoms with E-state index in [1.54, 1.807) is 6.07 Å². The lowest BCUT2D eigenvalue weighted by Crippen LogP contribution is -2.31. The highest BCUT2D eigenvalue weighted by atomic mass is 79.9. The summed E-state index contributed by atoms with van der Waals surface area (Å²) in [4.78, 5) is 12.0. The highest BCUT2D eigenvalue weighted by Crippen LogP contribution is 2.32. The lowest BCUT2D eigenvalue weighted by atomic mass is 9.98. The Bertz CT molecular complexity index is 469. The molecule has 0 spiro atoms. The van der Waals surface area contributed by atoms with Gasteiger partial charge in [-0.2, -0.15) is 0 Å². The fourth-order valence-electron chi connectivity index (χ4n) is 2.58. The minimum absolute atomic E-state index is 0.0785. The molecule has 1 saturated carbocycles. The summed E-state index contributed by atoms with van der Waals surface area (Å²) < 4.78 is 14.3. The van der Waals surface area contributed by atoms with Crippen LogP contribution >= 0.6 is 27.5 Å². The van der Waals surface area contributed by atoms with Gasteiger partial charge in [0.25, 0.3) is 5.91 Å². The van der Waals surface area contributed by atoms with Crippen molar-refractivity contribution in [2.24, 2.45) is 11.8 Å². The topological polar surface area (TPSA) is 29.1 Å². The SMILES string of the molecule is O=C(NCC1CCCC1CCl)c1cc(Br)ccc1F. The Balaban J connectivity index is 1.96. The van der Waals surface area contributed by atoms with Crippen LogP contribution in [0.4, 0.5) is 4.39 Å². The van der Waals surface area contributed by atoms with Crippen molar-refractivity contribution in [3.05, 3.63) is 34.1 Å². The molecule has 2 unspecified atom stereocenters. The van der Waals surface area contributed by atoms with Gasteiger partial charge >= 0.3 is 0 Å². The summed E-state index contributed by atoms with van der Waals surface area (Å²) in [6.07, 6.45) is 3.36. The molecule has 2 nitrogen and oxygen atoms in total. The molecule has 1 aromatic rings. The smallest absolute Gasteiger partial charge is 0.254 e. The standard InChI is InChI=1S/C14H16BrClFNO/c15-11-4-5-13(17)12(6-11)14(19)18-8-10-3-1-2-9(10)7-16/h4-6,9-10H,1-3,7-8H2,(H,18,19). The molecule has 2 rings (SSSR count). The molecule has 19 heavy (non-hydrogen) atoms. The van der Waals surface area contributed by atoms with E-state index in [0.717, 1.165) is 19.3 Å². The molecule has 1 N–H and O–H groups in total. The fraction of sp³-hybridized carbons (Fsp3) is 0.500. The van der Waals surface area contributed by atoms with Gasteiger partial charge in [0.05, 0.1) is 5.56 Å². The van der Waals surface area contributed by atoms with Gasteiger partial charge in [0.2, 0.25) is 0 Å². The predicted octanol–water partition coefficient (Wildman–Crippen LogP) is 3.97. The quantitative estimate of drug-likeness (QED) is 0.820. The molecule has 0 heterocycles. The summed E-state index contributed by atoms with van der Waals surface area (Å²) in [5.74, 6) is 0.650. The van der Waals surface area contributed by atoms with Crippen molar-refractivity contribution in [3.63, 3.8) is 0 Å². The van der Waals surface area contributed by atoms with Crippen LogP contribution in [0, 0.1) is 17.7 Å². The van der Waals surface area contributed by atoms with E-state index in [1.165, 1.54) is 12.1 Å². The average Bonchev–Trinajstić information content (AvgIpc) is 2.86. The van der Waals surface area contributed by atoms with Crippen LogP contribution in [0.5, 0.6) is 0 Å². The molecule has 2 atom stereocenters. The van der Waals surface area contributed by atoms with Crippen LogP contribution in [0.3, 0.4) is 0 Å². The number of hydrogen-bond acceptors (Lipinski definition) is 1. The zero-order chi connectivity index (χ0) is 13.8. The Labute approximate surface area is 125 Å². The van der Waals surface area contributed by atoms with Crippen molar-refractivity contribution < 1.29 is 9.18 Å². The first-order valence-electron chi connectivity index (χ1n) is 6.41. The van der Waals surface area contributed by atoms with E-state index in [-0.39, 0.29) is 11.5 Å². The molecular weight excluding hydrogens is 333 g/mol. The zero-order valence-corrected chi connectivity index (χ0v) is 12.8. The second-order valence-electron chi connectivity index (χ2n) is 4.94. The molecule has 1 aliphatic rings. The first-order chi connectivity index (χ1) is 9.11. The lowest BCUT2D eigenvalue weighted by Gasteiger charge is -2.17. The molecule has 1 amide bonds. The van der Waals surface area contributed by atoms with Gasteiger partial charge in [-0.05, 0) is 42.9 Å². The van der Waals surface area contributed by atoms with Crippen LogP contribution in [-0.4, -0.2) is 18.3 Å². The summed E-state index contributed by atoms with van der Waals surface area (Å²) in [7, 11) is 0. The number of carbonyl (C=O) groups is 1. The van der Waals surface area contributed by atoms with Crippen molar-refractivity contribution in [2.45, 2.75) is 19.3 Å². The summed E-state index contributed by atoms with van der Waals surface area (Å²) >= 11 is 9.14. The molecule has 5 heteroatoms. The van der Waals surface area contributed by atoms with Gasteiger partial charge in [0, 0.05) is 16.9 Å². The summed E-state index contributed by atoms with van der Waals surface area (Å²) in [6, 6.07) is 4.36. The van der Waals surface area contributed by atoms with Crippen molar-refractivity contribution in [3.8, 4) is 0 Å². The molecule has 0 aromatic heterocycles. The number of benzene rings is 1. The molecule has 0 radical (unpaired) electrons.